The van der Waals surface area contributed by atoms with E-state index < -0.39 is 15.8 Å². The zero-order valence-electron chi connectivity index (χ0n) is 15.7. The molecule has 0 radical (unpaired) electrons. The second-order valence-electron chi connectivity index (χ2n) is 7.18. The highest BCUT2D eigenvalue weighted by atomic mass is 35.5. The van der Waals surface area contributed by atoms with Crippen molar-refractivity contribution in [2.75, 3.05) is 26.2 Å². The van der Waals surface area contributed by atoms with Crippen LogP contribution >= 0.6 is 22.9 Å². The Kier molecular flexibility index (Phi) is 5.94. The molecular formula is C19H22ClFN4O2S2. The Bertz CT molecular complexity index is 1000. The zero-order valence-corrected chi connectivity index (χ0v) is 18.1. The quantitative estimate of drug-likeness (QED) is 0.742. The van der Waals surface area contributed by atoms with Gasteiger partial charge in [-0.25, -0.2) is 12.8 Å². The number of sulfonamides is 1. The lowest BCUT2D eigenvalue weighted by Gasteiger charge is -2.44. The van der Waals surface area contributed by atoms with Crippen molar-refractivity contribution in [3.8, 4) is 0 Å². The Morgan fingerprint density at radius 2 is 2.10 bits per heavy atom. The summed E-state index contributed by atoms with van der Waals surface area (Å²) in [5.74, 6) is 0.389. The number of piperidine rings is 1. The van der Waals surface area contributed by atoms with Crippen LogP contribution in [0.25, 0.3) is 0 Å². The summed E-state index contributed by atoms with van der Waals surface area (Å²) in [5, 5.41) is 8.78. The van der Waals surface area contributed by atoms with Crippen LogP contribution in [-0.2, 0) is 16.6 Å². The number of rotatable bonds is 4. The molecule has 0 unspecified atom stereocenters. The Hall–Kier alpha value is -1.52. The fourth-order valence-electron chi connectivity index (χ4n) is 3.82. The molecule has 3 heterocycles. The van der Waals surface area contributed by atoms with Gasteiger partial charge in [-0.15, -0.1) is 11.3 Å². The molecule has 6 nitrogen and oxygen atoms in total. The maximum atomic E-state index is 13.4. The van der Waals surface area contributed by atoms with Gasteiger partial charge in [-0.3, -0.25) is 4.99 Å². The number of hydrogen-bond donors (Lipinski definition) is 2. The number of amidine groups is 1. The van der Waals surface area contributed by atoms with Crippen molar-refractivity contribution >= 4 is 38.8 Å². The van der Waals surface area contributed by atoms with Crippen LogP contribution in [0.4, 0.5) is 4.39 Å². The molecule has 0 atom stereocenters. The molecule has 0 saturated carbocycles. The molecule has 2 aliphatic rings. The van der Waals surface area contributed by atoms with Gasteiger partial charge in [0.2, 0.25) is 0 Å². The number of halogens is 2. The third-order valence-electron chi connectivity index (χ3n) is 5.41. The average molecular weight is 457 g/mol. The summed E-state index contributed by atoms with van der Waals surface area (Å²) >= 11 is 7.11. The minimum Gasteiger partial charge on any atom is -0.368 e. The van der Waals surface area contributed by atoms with Crippen LogP contribution in [0.3, 0.4) is 0 Å². The highest BCUT2D eigenvalue weighted by Gasteiger charge is 2.43. The van der Waals surface area contributed by atoms with Gasteiger partial charge in [0.05, 0.1) is 17.1 Å². The van der Waals surface area contributed by atoms with Crippen LogP contribution in [0.1, 0.15) is 18.4 Å². The average Bonchev–Trinajstić information content (AvgIpc) is 3.26. The highest BCUT2D eigenvalue weighted by molar-refractivity contribution is 7.91. The predicted octanol–water partition coefficient (Wildman–Crippen LogP) is 2.86. The molecule has 2 aromatic rings. The van der Waals surface area contributed by atoms with Crippen molar-refractivity contribution in [3.63, 3.8) is 0 Å². The van der Waals surface area contributed by atoms with Crippen molar-refractivity contribution < 1.29 is 12.8 Å². The summed E-state index contributed by atoms with van der Waals surface area (Å²) in [5.41, 5.74) is 0.487. The lowest BCUT2D eigenvalue weighted by atomic mass is 9.85. The van der Waals surface area contributed by atoms with Crippen molar-refractivity contribution in [1.82, 2.24) is 14.9 Å². The molecular weight excluding hydrogens is 435 g/mol. The van der Waals surface area contributed by atoms with E-state index in [1.807, 2.05) is 0 Å². The topological polar surface area (TPSA) is 73.8 Å². The van der Waals surface area contributed by atoms with Gasteiger partial charge < -0.3 is 10.6 Å². The molecule has 10 heteroatoms. The summed E-state index contributed by atoms with van der Waals surface area (Å²) in [7, 11) is -3.44. The molecule has 1 fully saturated rings. The molecule has 0 bridgehead atoms. The van der Waals surface area contributed by atoms with Crippen molar-refractivity contribution in [3.05, 3.63) is 52.1 Å². The number of hydrogen-bond acceptors (Lipinski definition) is 6. The van der Waals surface area contributed by atoms with E-state index >= 15 is 0 Å². The first-order valence-corrected chi connectivity index (χ1v) is 12.1. The third kappa shape index (κ3) is 4.20. The van der Waals surface area contributed by atoms with Crippen LogP contribution in [0.5, 0.6) is 0 Å². The van der Waals surface area contributed by atoms with Crippen LogP contribution in [0.2, 0.25) is 5.02 Å². The first-order valence-electron chi connectivity index (χ1n) is 9.42. The molecule has 156 valence electrons. The fraction of sp³-hybridized carbons (Fsp3) is 0.421. The summed E-state index contributed by atoms with van der Waals surface area (Å²) < 4.78 is 40.9. The summed E-state index contributed by atoms with van der Waals surface area (Å²) in [6.45, 7) is 2.74. The molecule has 2 N–H and O–H groups in total. The summed E-state index contributed by atoms with van der Waals surface area (Å²) in [6, 6.07) is 8.04. The Balaban J connectivity index is 1.45. The van der Waals surface area contributed by atoms with Crippen molar-refractivity contribution in [1.29, 1.82) is 0 Å². The van der Waals surface area contributed by atoms with Gasteiger partial charge in [0, 0.05) is 26.2 Å². The maximum absolute atomic E-state index is 13.4. The van der Waals surface area contributed by atoms with Gasteiger partial charge in [0.25, 0.3) is 10.0 Å². The molecule has 29 heavy (non-hydrogen) atoms. The number of aliphatic imine (C=N–C) groups is 1. The van der Waals surface area contributed by atoms with Gasteiger partial charge in [0.15, 0.2) is 0 Å². The molecule has 1 spiro atoms. The predicted molar refractivity (Wildman–Crippen MR) is 114 cm³/mol. The van der Waals surface area contributed by atoms with Crippen molar-refractivity contribution in [2.45, 2.75) is 29.1 Å². The van der Waals surface area contributed by atoms with Crippen LogP contribution in [-0.4, -0.2) is 50.3 Å². The Morgan fingerprint density at radius 3 is 2.79 bits per heavy atom. The highest BCUT2D eigenvalue weighted by Crippen LogP contribution is 2.30. The lowest BCUT2D eigenvalue weighted by molar-refractivity contribution is 0.241. The van der Waals surface area contributed by atoms with Crippen LogP contribution in [0.15, 0.2) is 44.9 Å². The molecule has 1 aromatic carbocycles. The molecule has 4 rings (SSSR count). The van der Waals surface area contributed by atoms with E-state index in [1.165, 1.54) is 17.4 Å². The van der Waals surface area contributed by atoms with E-state index in [2.05, 4.69) is 15.6 Å². The normalized spacial score (nSPS) is 19.9. The maximum Gasteiger partial charge on any atom is 0.252 e. The SMILES string of the molecule is O=S(=O)(c1cccs1)N1CCC2(CC1)NCCN=C2NCc1ccc(F)c(Cl)c1. The van der Waals surface area contributed by atoms with Gasteiger partial charge in [-0.2, -0.15) is 4.31 Å². The Morgan fingerprint density at radius 1 is 1.31 bits per heavy atom. The van der Waals surface area contributed by atoms with Crippen LogP contribution in [0, 0.1) is 5.82 Å². The second kappa shape index (κ2) is 8.31. The van der Waals surface area contributed by atoms with E-state index in [0.29, 0.717) is 43.2 Å². The minimum atomic E-state index is -3.44. The fourth-order valence-corrected chi connectivity index (χ4v) is 6.61. The summed E-state index contributed by atoms with van der Waals surface area (Å²) in [4.78, 5) is 4.67. The van der Waals surface area contributed by atoms with Gasteiger partial charge in [-0.1, -0.05) is 23.7 Å². The number of nitrogens with zero attached hydrogens (tertiary/aromatic N) is 2. The smallest absolute Gasteiger partial charge is 0.252 e. The zero-order chi connectivity index (χ0) is 20.5. The number of benzene rings is 1. The second-order valence-corrected chi connectivity index (χ2v) is 10.7. The van der Waals surface area contributed by atoms with E-state index in [4.69, 9.17) is 11.6 Å². The van der Waals surface area contributed by atoms with Gasteiger partial charge in [-0.05, 0) is 42.0 Å². The van der Waals surface area contributed by atoms with E-state index in [0.717, 1.165) is 17.9 Å². The first kappa shape index (κ1) is 20.7. The van der Waals surface area contributed by atoms with Crippen LogP contribution < -0.4 is 10.6 Å². The molecule has 0 aliphatic carbocycles. The van der Waals surface area contributed by atoms with E-state index in [9.17, 15) is 12.8 Å². The van der Waals surface area contributed by atoms with E-state index in [-0.39, 0.29) is 10.6 Å². The standard InChI is InChI=1S/C19H22ClFN4O2S2/c20-15-12-14(3-4-16(15)21)13-23-18-19(24-8-7-22-18)5-9-25(10-6-19)29(26,27)17-2-1-11-28-17/h1-4,11-12,24H,5-10,13H2,(H,22,23). The van der Waals surface area contributed by atoms with Gasteiger partial charge in [0.1, 0.15) is 15.9 Å². The number of thiophene rings is 1. The molecule has 1 aromatic heterocycles. The third-order valence-corrected chi connectivity index (χ3v) is 8.97. The minimum absolute atomic E-state index is 0.0924. The lowest BCUT2D eigenvalue weighted by Crippen LogP contribution is -2.64. The largest absolute Gasteiger partial charge is 0.368 e. The monoisotopic (exact) mass is 456 g/mol. The molecule has 1 saturated heterocycles. The molecule has 2 aliphatic heterocycles. The number of nitrogens with one attached hydrogen (secondary N) is 2. The molecule has 0 amide bonds. The summed E-state index contributed by atoms with van der Waals surface area (Å²) in [6.07, 6.45) is 1.27. The van der Waals surface area contributed by atoms with Gasteiger partial charge >= 0.3 is 0 Å². The first-order chi connectivity index (χ1) is 13.9. The Labute approximate surface area is 178 Å². The van der Waals surface area contributed by atoms with Crippen molar-refractivity contribution in [2.24, 2.45) is 4.99 Å². The van der Waals surface area contributed by atoms with E-state index in [1.54, 1.807) is 34.0 Å².